The lowest BCUT2D eigenvalue weighted by molar-refractivity contribution is 0.0551. The van der Waals surface area contributed by atoms with E-state index in [1.54, 1.807) is 11.8 Å². The second-order valence-electron chi connectivity index (χ2n) is 2.82. The molecule has 1 N–H and O–H groups in total. The molecule has 1 nitrogen and oxygen atoms in total. The summed E-state index contributed by atoms with van der Waals surface area (Å²) < 4.78 is 23.7. The number of rotatable bonds is 2. The Bertz CT molecular complexity index is 121. The molecule has 1 aliphatic rings. The highest BCUT2D eigenvalue weighted by Crippen LogP contribution is 2.27. The number of thioether (sulfide) groups is 1. The lowest BCUT2D eigenvalue weighted by atomic mass is 9.96. The molecule has 0 bridgehead atoms. The van der Waals surface area contributed by atoms with Gasteiger partial charge in [-0.05, 0) is 18.1 Å². The molecule has 0 amide bonds. The predicted molar refractivity (Wildman–Crippen MR) is 42.1 cm³/mol. The Morgan fingerprint density at radius 2 is 2.27 bits per heavy atom. The van der Waals surface area contributed by atoms with Gasteiger partial charge in [0.15, 0.2) is 0 Å². The van der Waals surface area contributed by atoms with Crippen LogP contribution in [0.15, 0.2) is 0 Å². The van der Waals surface area contributed by atoms with Gasteiger partial charge in [-0.1, -0.05) is 0 Å². The maximum Gasteiger partial charge on any atom is 0.239 e. The van der Waals surface area contributed by atoms with Crippen LogP contribution in [0.2, 0.25) is 0 Å². The van der Waals surface area contributed by atoms with E-state index in [4.69, 9.17) is 0 Å². The molecule has 2 unspecified atom stereocenters. The van der Waals surface area contributed by atoms with E-state index >= 15 is 0 Å². The van der Waals surface area contributed by atoms with Crippen LogP contribution in [0.25, 0.3) is 0 Å². The van der Waals surface area contributed by atoms with E-state index in [-0.39, 0.29) is 12.3 Å². The molecule has 0 saturated carbocycles. The summed E-state index contributed by atoms with van der Waals surface area (Å²) in [5, 5.41) is 9.26. The zero-order valence-corrected chi connectivity index (χ0v) is 6.99. The lowest BCUT2D eigenvalue weighted by Crippen LogP contribution is -2.29. The molecule has 0 spiro atoms. The molecule has 2 atom stereocenters. The van der Waals surface area contributed by atoms with Crippen molar-refractivity contribution in [1.29, 1.82) is 0 Å². The molecule has 1 saturated heterocycles. The Hall–Kier alpha value is 0.170. The largest absolute Gasteiger partial charge is 0.392 e. The van der Waals surface area contributed by atoms with Crippen LogP contribution >= 0.6 is 11.8 Å². The van der Waals surface area contributed by atoms with E-state index in [1.165, 1.54) is 0 Å². The summed E-state index contributed by atoms with van der Waals surface area (Å²) >= 11 is 1.64. The Kier molecular flexibility index (Phi) is 3.59. The van der Waals surface area contributed by atoms with Crippen molar-refractivity contribution < 1.29 is 13.9 Å². The topological polar surface area (TPSA) is 20.2 Å². The van der Waals surface area contributed by atoms with Crippen LogP contribution < -0.4 is 0 Å². The second-order valence-corrected chi connectivity index (χ2v) is 3.97. The highest BCUT2D eigenvalue weighted by atomic mass is 32.2. The van der Waals surface area contributed by atoms with Crippen molar-refractivity contribution in [3.05, 3.63) is 0 Å². The molecular weight excluding hydrogens is 170 g/mol. The Balaban J connectivity index is 2.29. The molecule has 0 aromatic carbocycles. The third-order valence-electron chi connectivity index (χ3n) is 1.95. The second kappa shape index (κ2) is 4.26. The van der Waals surface area contributed by atoms with Crippen molar-refractivity contribution in [1.82, 2.24) is 0 Å². The number of halogens is 2. The first-order chi connectivity index (χ1) is 5.20. The number of aliphatic hydroxyl groups excluding tert-OH is 1. The Morgan fingerprint density at radius 1 is 1.55 bits per heavy atom. The molecule has 11 heavy (non-hydrogen) atoms. The first kappa shape index (κ1) is 9.26. The molecule has 4 heteroatoms. The van der Waals surface area contributed by atoms with Crippen LogP contribution in [0.5, 0.6) is 0 Å². The summed E-state index contributed by atoms with van der Waals surface area (Å²) in [6.45, 7) is 0. The van der Waals surface area contributed by atoms with Gasteiger partial charge in [0.2, 0.25) is 6.43 Å². The fourth-order valence-electron chi connectivity index (χ4n) is 1.27. The quantitative estimate of drug-likeness (QED) is 0.702. The maximum absolute atomic E-state index is 11.9. The minimum atomic E-state index is -2.27. The summed E-state index contributed by atoms with van der Waals surface area (Å²) in [5.41, 5.74) is 0. The first-order valence-corrected chi connectivity index (χ1v) is 4.89. The predicted octanol–water partition coefficient (Wildman–Crippen LogP) is 1.76. The van der Waals surface area contributed by atoms with Crippen molar-refractivity contribution in [3.63, 3.8) is 0 Å². The van der Waals surface area contributed by atoms with Gasteiger partial charge in [0, 0.05) is 12.2 Å². The Labute approximate surface area is 69.2 Å². The molecule has 0 aromatic rings. The van der Waals surface area contributed by atoms with E-state index in [2.05, 4.69) is 0 Å². The van der Waals surface area contributed by atoms with Gasteiger partial charge in [0.1, 0.15) is 0 Å². The highest BCUT2D eigenvalue weighted by Gasteiger charge is 2.25. The molecule has 66 valence electrons. The smallest absolute Gasteiger partial charge is 0.239 e. The van der Waals surface area contributed by atoms with Gasteiger partial charge in [-0.2, -0.15) is 11.8 Å². The molecule has 0 radical (unpaired) electrons. The number of hydrogen-bond acceptors (Lipinski definition) is 2. The molecule has 1 aliphatic heterocycles. The van der Waals surface area contributed by atoms with Crippen molar-refractivity contribution in [2.24, 2.45) is 5.92 Å². The fraction of sp³-hybridized carbons (Fsp3) is 1.00. The van der Waals surface area contributed by atoms with Crippen LogP contribution in [-0.4, -0.2) is 29.1 Å². The third-order valence-corrected chi connectivity index (χ3v) is 3.05. The van der Waals surface area contributed by atoms with Gasteiger partial charge in [-0.15, -0.1) is 0 Å². The summed E-state index contributed by atoms with van der Waals surface area (Å²) in [7, 11) is 0. The van der Waals surface area contributed by atoms with E-state index in [0.29, 0.717) is 5.75 Å². The van der Waals surface area contributed by atoms with Crippen molar-refractivity contribution >= 4 is 11.8 Å². The number of hydrogen-bond donors (Lipinski definition) is 1. The zero-order valence-electron chi connectivity index (χ0n) is 6.17. The van der Waals surface area contributed by atoms with Gasteiger partial charge in [-0.25, -0.2) is 8.78 Å². The minimum Gasteiger partial charge on any atom is -0.392 e. The third kappa shape index (κ3) is 2.95. The average Bonchev–Trinajstić information content (AvgIpc) is 1.93. The molecule has 1 fully saturated rings. The van der Waals surface area contributed by atoms with Gasteiger partial charge >= 0.3 is 0 Å². The van der Waals surface area contributed by atoms with Crippen molar-refractivity contribution in [3.8, 4) is 0 Å². The number of aliphatic hydroxyl groups is 1. The summed E-state index contributed by atoms with van der Waals surface area (Å²) in [4.78, 5) is 0. The molecule has 0 aliphatic carbocycles. The van der Waals surface area contributed by atoms with Gasteiger partial charge < -0.3 is 5.11 Å². The molecule has 1 rings (SSSR count). The van der Waals surface area contributed by atoms with E-state index in [9.17, 15) is 13.9 Å². The minimum absolute atomic E-state index is 0.137. The standard InChI is InChI=1S/C7H12F2OS/c8-7(9)3-5-1-2-11-4-6(5)10/h5-7,10H,1-4H2. The first-order valence-electron chi connectivity index (χ1n) is 3.74. The van der Waals surface area contributed by atoms with Gasteiger partial charge in [0.25, 0.3) is 0 Å². The van der Waals surface area contributed by atoms with Gasteiger partial charge in [0.05, 0.1) is 6.10 Å². The summed E-state index contributed by atoms with van der Waals surface area (Å²) in [5.74, 6) is 1.36. The van der Waals surface area contributed by atoms with Crippen molar-refractivity contribution in [2.45, 2.75) is 25.4 Å². The average molecular weight is 182 g/mol. The van der Waals surface area contributed by atoms with Crippen LogP contribution in [0.3, 0.4) is 0 Å². The summed E-state index contributed by atoms with van der Waals surface area (Å²) in [6.07, 6.45) is -2.18. The highest BCUT2D eigenvalue weighted by molar-refractivity contribution is 7.99. The van der Waals surface area contributed by atoms with Crippen LogP contribution in [0.4, 0.5) is 8.78 Å². The summed E-state index contributed by atoms with van der Waals surface area (Å²) in [6, 6.07) is 0. The normalized spacial score (nSPS) is 32.7. The van der Waals surface area contributed by atoms with Crippen molar-refractivity contribution in [2.75, 3.05) is 11.5 Å². The zero-order chi connectivity index (χ0) is 8.27. The monoisotopic (exact) mass is 182 g/mol. The van der Waals surface area contributed by atoms with Gasteiger partial charge in [-0.3, -0.25) is 0 Å². The van der Waals surface area contributed by atoms with Crippen LogP contribution in [0, 0.1) is 5.92 Å². The maximum atomic E-state index is 11.9. The molecular formula is C7H12F2OS. The van der Waals surface area contributed by atoms with E-state index in [0.717, 1.165) is 12.2 Å². The van der Waals surface area contributed by atoms with Crippen LogP contribution in [-0.2, 0) is 0 Å². The van der Waals surface area contributed by atoms with Crippen LogP contribution in [0.1, 0.15) is 12.8 Å². The fourth-order valence-corrected chi connectivity index (χ4v) is 2.42. The number of alkyl halides is 2. The SMILES string of the molecule is OC1CSCCC1CC(F)F. The van der Waals surface area contributed by atoms with E-state index in [1.807, 2.05) is 0 Å². The molecule has 1 heterocycles. The lowest BCUT2D eigenvalue weighted by Gasteiger charge is -2.26. The molecule has 0 aromatic heterocycles. The van der Waals surface area contributed by atoms with E-state index < -0.39 is 12.5 Å². The Morgan fingerprint density at radius 3 is 2.82 bits per heavy atom.